The van der Waals surface area contributed by atoms with Crippen LogP contribution < -0.4 is 15.2 Å². The quantitative estimate of drug-likeness (QED) is 0.818. The number of piperidine rings is 1. The molecule has 0 bridgehead atoms. The van der Waals surface area contributed by atoms with Crippen molar-refractivity contribution in [2.24, 2.45) is 11.7 Å². The Bertz CT molecular complexity index is 771. The molecule has 1 amide bonds. The topological polar surface area (TPSA) is 64.8 Å². The highest BCUT2D eigenvalue weighted by Gasteiger charge is 2.23. The number of methoxy groups -OCH3 is 1. The van der Waals surface area contributed by atoms with Crippen LogP contribution in [0.1, 0.15) is 28.8 Å². The summed E-state index contributed by atoms with van der Waals surface area (Å²) in [7, 11) is 1.57. The Morgan fingerprint density at radius 3 is 2.48 bits per heavy atom. The summed E-state index contributed by atoms with van der Waals surface area (Å²) in [6.45, 7) is 2.58. The summed E-state index contributed by atoms with van der Waals surface area (Å²) >= 11 is 5.90. The molecule has 1 aliphatic heterocycles. The van der Waals surface area contributed by atoms with Crippen LogP contribution in [0.3, 0.4) is 0 Å². The lowest BCUT2D eigenvalue weighted by molar-refractivity contribution is 0.0693. The predicted octanol–water partition coefficient (Wildman–Crippen LogP) is 3.74. The van der Waals surface area contributed by atoms with E-state index in [-0.39, 0.29) is 5.91 Å². The Kier molecular flexibility index (Phi) is 6.58. The van der Waals surface area contributed by atoms with E-state index in [4.69, 9.17) is 26.8 Å². The fourth-order valence-electron chi connectivity index (χ4n) is 3.22. The summed E-state index contributed by atoms with van der Waals surface area (Å²) in [6, 6.07) is 12.8. The zero-order valence-corrected chi connectivity index (χ0v) is 16.2. The summed E-state index contributed by atoms with van der Waals surface area (Å²) in [4.78, 5) is 14.7. The van der Waals surface area contributed by atoms with E-state index < -0.39 is 0 Å². The van der Waals surface area contributed by atoms with Gasteiger partial charge in [0.2, 0.25) is 0 Å². The number of halogens is 1. The van der Waals surface area contributed by atoms with Crippen LogP contribution in [0.2, 0.25) is 5.02 Å². The highest BCUT2D eigenvalue weighted by atomic mass is 35.5. The van der Waals surface area contributed by atoms with Gasteiger partial charge in [0.15, 0.2) is 11.5 Å². The Morgan fingerprint density at radius 1 is 1.15 bits per heavy atom. The number of benzene rings is 2. The lowest BCUT2D eigenvalue weighted by atomic mass is 9.96. The van der Waals surface area contributed by atoms with Crippen molar-refractivity contribution in [1.29, 1.82) is 0 Å². The van der Waals surface area contributed by atoms with Gasteiger partial charge >= 0.3 is 0 Å². The number of rotatable bonds is 6. The van der Waals surface area contributed by atoms with Crippen LogP contribution in [0.25, 0.3) is 0 Å². The molecule has 144 valence electrons. The van der Waals surface area contributed by atoms with Crippen LogP contribution in [0.4, 0.5) is 0 Å². The molecule has 0 saturated carbocycles. The number of carbonyl (C=O) groups excluding carboxylic acids is 1. The highest BCUT2D eigenvalue weighted by molar-refractivity contribution is 6.30. The van der Waals surface area contributed by atoms with Gasteiger partial charge in [-0.3, -0.25) is 4.79 Å². The Labute approximate surface area is 165 Å². The summed E-state index contributed by atoms with van der Waals surface area (Å²) < 4.78 is 11.3. The molecule has 2 aromatic rings. The molecule has 0 aromatic heterocycles. The first-order valence-corrected chi connectivity index (χ1v) is 9.53. The molecule has 1 aliphatic rings. The molecular formula is C21H25ClN2O3. The molecule has 0 aliphatic carbocycles. The minimum absolute atomic E-state index is 0.0213. The number of likely N-dealkylation sites (tertiary alicyclic amines) is 1. The van der Waals surface area contributed by atoms with Crippen LogP contribution in [-0.2, 0) is 6.61 Å². The van der Waals surface area contributed by atoms with Crippen molar-refractivity contribution in [2.75, 3.05) is 26.7 Å². The van der Waals surface area contributed by atoms with Crippen molar-refractivity contribution in [3.8, 4) is 11.5 Å². The zero-order chi connectivity index (χ0) is 19.2. The Hall–Kier alpha value is -2.24. The van der Waals surface area contributed by atoms with Gasteiger partial charge in [0.05, 0.1) is 7.11 Å². The number of nitrogens with zero attached hydrogens (tertiary/aromatic N) is 1. The number of nitrogens with two attached hydrogens (primary N) is 1. The van der Waals surface area contributed by atoms with E-state index >= 15 is 0 Å². The van der Waals surface area contributed by atoms with Gasteiger partial charge in [-0.1, -0.05) is 23.7 Å². The SMILES string of the molecule is COc1cc(C(=O)N2CCC(CN)CC2)ccc1OCc1ccc(Cl)cc1. The first-order chi connectivity index (χ1) is 13.1. The summed E-state index contributed by atoms with van der Waals surface area (Å²) in [5.41, 5.74) is 7.34. The van der Waals surface area contributed by atoms with Crippen LogP contribution >= 0.6 is 11.6 Å². The van der Waals surface area contributed by atoms with Gasteiger partial charge < -0.3 is 20.1 Å². The lowest BCUT2D eigenvalue weighted by Gasteiger charge is -2.31. The minimum Gasteiger partial charge on any atom is -0.493 e. The summed E-state index contributed by atoms with van der Waals surface area (Å²) in [5.74, 6) is 1.69. The van der Waals surface area contributed by atoms with Crippen LogP contribution in [0.15, 0.2) is 42.5 Å². The molecule has 1 heterocycles. The van der Waals surface area contributed by atoms with E-state index in [1.165, 1.54) is 0 Å². The van der Waals surface area contributed by atoms with E-state index in [2.05, 4.69) is 0 Å². The second-order valence-corrected chi connectivity index (χ2v) is 7.19. The lowest BCUT2D eigenvalue weighted by Crippen LogP contribution is -2.40. The summed E-state index contributed by atoms with van der Waals surface area (Å²) in [6.07, 6.45) is 1.92. The molecule has 3 rings (SSSR count). The van der Waals surface area contributed by atoms with Crippen molar-refractivity contribution < 1.29 is 14.3 Å². The van der Waals surface area contributed by atoms with Crippen molar-refractivity contribution in [2.45, 2.75) is 19.4 Å². The molecular weight excluding hydrogens is 364 g/mol. The first-order valence-electron chi connectivity index (χ1n) is 9.15. The third-order valence-electron chi connectivity index (χ3n) is 4.95. The predicted molar refractivity (Wildman–Crippen MR) is 106 cm³/mol. The van der Waals surface area contributed by atoms with Gasteiger partial charge in [-0.05, 0) is 61.2 Å². The average molecular weight is 389 g/mol. The molecule has 27 heavy (non-hydrogen) atoms. The molecule has 1 saturated heterocycles. The normalized spacial score (nSPS) is 14.9. The van der Waals surface area contributed by atoms with E-state index in [1.54, 1.807) is 25.3 Å². The Balaban J connectivity index is 1.66. The third kappa shape index (κ3) is 4.93. The van der Waals surface area contributed by atoms with Crippen molar-refractivity contribution in [1.82, 2.24) is 4.90 Å². The molecule has 1 fully saturated rings. The Morgan fingerprint density at radius 2 is 1.85 bits per heavy atom. The summed E-state index contributed by atoms with van der Waals surface area (Å²) in [5, 5.41) is 0.690. The number of amides is 1. The maximum absolute atomic E-state index is 12.8. The fraction of sp³-hybridized carbons (Fsp3) is 0.381. The second kappa shape index (κ2) is 9.11. The number of carbonyl (C=O) groups is 1. The molecule has 0 atom stereocenters. The molecule has 5 nitrogen and oxygen atoms in total. The molecule has 0 spiro atoms. The van der Waals surface area contributed by atoms with Gasteiger partial charge in [-0.25, -0.2) is 0 Å². The van der Waals surface area contributed by atoms with Crippen molar-refractivity contribution in [3.63, 3.8) is 0 Å². The maximum Gasteiger partial charge on any atom is 0.253 e. The van der Waals surface area contributed by atoms with Crippen LogP contribution in [0, 0.1) is 5.92 Å². The van der Waals surface area contributed by atoms with Gasteiger partial charge in [0, 0.05) is 23.7 Å². The maximum atomic E-state index is 12.8. The number of ether oxygens (including phenoxy) is 2. The van der Waals surface area contributed by atoms with Crippen LogP contribution in [0.5, 0.6) is 11.5 Å². The first kappa shape index (κ1) is 19.5. The van der Waals surface area contributed by atoms with E-state index in [9.17, 15) is 4.79 Å². The molecule has 0 radical (unpaired) electrons. The van der Waals surface area contributed by atoms with Crippen molar-refractivity contribution >= 4 is 17.5 Å². The van der Waals surface area contributed by atoms with Crippen molar-refractivity contribution in [3.05, 3.63) is 58.6 Å². The molecule has 0 unspecified atom stereocenters. The van der Waals surface area contributed by atoms with Gasteiger partial charge in [0.25, 0.3) is 5.91 Å². The van der Waals surface area contributed by atoms with Gasteiger partial charge in [-0.2, -0.15) is 0 Å². The molecule has 6 heteroatoms. The molecule has 2 aromatic carbocycles. The number of hydrogen-bond acceptors (Lipinski definition) is 4. The number of hydrogen-bond donors (Lipinski definition) is 1. The standard InChI is InChI=1S/C21H25ClN2O3/c1-26-20-12-17(21(25)24-10-8-15(13-23)9-11-24)4-7-19(20)27-14-16-2-5-18(22)6-3-16/h2-7,12,15H,8-11,13-14,23H2,1H3. The minimum atomic E-state index is 0.0213. The van der Waals surface area contributed by atoms with Crippen LogP contribution in [-0.4, -0.2) is 37.6 Å². The van der Waals surface area contributed by atoms with E-state index in [1.807, 2.05) is 29.2 Å². The fourth-order valence-corrected chi connectivity index (χ4v) is 3.34. The van der Waals surface area contributed by atoms with Gasteiger partial charge in [-0.15, -0.1) is 0 Å². The van der Waals surface area contributed by atoms with Gasteiger partial charge in [0.1, 0.15) is 6.61 Å². The average Bonchev–Trinajstić information content (AvgIpc) is 2.72. The molecule has 2 N–H and O–H groups in total. The van der Waals surface area contributed by atoms with E-state index in [0.717, 1.165) is 31.5 Å². The zero-order valence-electron chi connectivity index (χ0n) is 15.5. The second-order valence-electron chi connectivity index (χ2n) is 6.75. The van der Waals surface area contributed by atoms with E-state index in [0.29, 0.717) is 41.2 Å². The smallest absolute Gasteiger partial charge is 0.253 e. The third-order valence-corrected chi connectivity index (χ3v) is 5.21. The monoisotopic (exact) mass is 388 g/mol. The highest BCUT2D eigenvalue weighted by Crippen LogP contribution is 2.30. The largest absolute Gasteiger partial charge is 0.493 e.